The first-order chi connectivity index (χ1) is 24.2. The van der Waals surface area contributed by atoms with Gasteiger partial charge in [-0.05, 0) is 108 Å². The summed E-state index contributed by atoms with van der Waals surface area (Å²) in [6.07, 6.45) is 3.10. The average molecular weight is 674 g/mol. The van der Waals surface area contributed by atoms with Crippen LogP contribution in [0.1, 0.15) is 76.5 Å². The van der Waals surface area contributed by atoms with Gasteiger partial charge in [-0.2, -0.15) is 0 Å². The molecule has 0 saturated heterocycles. The number of aromatic amines is 1. The molecule has 0 unspecified atom stereocenters. The Kier molecular flexibility index (Phi) is 12.4. The lowest BCUT2D eigenvalue weighted by atomic mass is 9.88. The van der Waals surface area contributed by atoms with Crippen LogP contribution in [0.5, 0.6) is 5.75 Å². The molecule has 2 amide bonds. The number of fused-ring (bicyclic) bond motifs is 1. The van der Waals surface area contributed by atoms with Crippen LogP contribution in [0.25, 0.3) is 22.2 Å². The van der Waals surface area contributed by atoms with Crippen LogP contribution in [0, 0.1) is 0 Å². The van der Waals surface area contributed by atoms with Gasteiger partial charge in [-0.1, -0.05) is 84.0 Å². The SMILES string of the molecule is CCN(CC)CCOc1cccc(-c2cc(C(C)C)c(NC(=O)N(CCCc3ccccc3)c3cc4cccnc4[nH]c3=O)c(C(C)C)c2)c1. The van der Waals surface area contributed by atoms with Crippen LogP contribution < -0.4 is 20.5 Å². The van der Waals surface area contributed by atoms with Crippen molar-refractivity contribution in [3.8, 4) is 16.9 Å². The lowest BCUT2D eigenvalue weighted by Gasteiger charge is -2.27. The van der Waals surface area contributed by atoms with E-state index >= 15 is 0 Å². The molecule has 0 spiro atoms. The number of aryl methyl sites for hydroxylation is 1. The number of hydrogen-bond acceptors (Lipinski definition) is 5. The molecule has 0 saturated carbocycles. The van der Waals surface area contributed by atoms with Gasteiger partial charge in [0.25, 0.3) is 5.56 Å². The van der Waals surface area contributed by atoms with Crippen LogP contribution in [-0.4, -0.2) is 53.7 Å². The van der Waals surface area contributed by atoms with Crippen molar-refractivity contribution in [3.63, 3.8) is 0 Å². The van der Waals surface area contributed by atoms with Crippen LogP contribution in [0.2, 0.25) is 0 Å². The number of nitrogens with one attached hydrogen (secondary N) is 2. The number of anilines is 2. The Morgan fingerprint density at radius 3 is 2.24 bits per heavy atom. The third-order valence-electron chi connectivity index (χ3n) is 9.24. The Bertz CT molecular complexity index is 1900. The standard InChI is InChI=1S/C42H51N5O3/c1-7-46(8-2)23-24-50-35-20-12-18-32(25-35)34-26-36(29(3)4)39(37(27-34)30(5)6)44-42(49)47(22-14-17-31-15-10-9-11-16-31)38-28-33-19-13-21-43-40(33)45-41(38)48/h9-13,15-16,18-21,25-30H,7-8,14,17,22-24H2,1-6H3,(H,44,49)(H,43,45,48). The first kappa shape index (κ1) is 36.3. The number of hydrogen-bond donors (Lipinski definition) is 2. The smallest absolute Gasteiger partial charge is 0.326 e. The number of rotatable bonds is 15. The fraction of sp³-hybridized carbons (Fsp3) is 0.357. The molecular weight excluding hydrogens is 622 g/mol. The molecule has 0 radical (unpaired) electrons. The predicted octanol–water partition coefficient (Wildman–Crippen LogP) is 9.23. The maximum Gasteiger partial charge on any atom is 0.326 e. The molecular formula is C42H51N5O3. The van der Waals surface area contributed by atoms with E-state index < -0.39 is 0 Å². The molecule has 3 aromatic carbocycles. The summed E-state index contributed by atoms with van der Waals surface area (Å²) in [7, 11) is 0. The summed E-state index contributed by atoms with van der Waals surface area (Å²) in [6, 6.07) is 27.9. The lowest BCUT2D eigenvalue weighted by Crippen LogP contribution is -2.39. The number of H-pyrrole nitrogens is 1. The lowest BCUT2D eigenvalue weighted by molar-refractivity contribution is 0.223. The number of aromatic nitrogens is 2. The molecule has 2 heterocycles. The zero-order valence-corrected chi connectivity index (χ0v) is 30.3. The Morgan fingerprint density at radius 1 is 0.840 bits per heavy atom. The Balaban J connectivity index is 1.48. The second-order valence-electron chi connectivity index (χ2n) is 13.3. The van der Waals surface area contributed by atoms with Crippen LogP contribution in [-0.2, 0) is 6.42 Å². The van der Waals surface area contributed by atoms with E-state index in [9.17, 15) is 9.59 Å². The van der Waals surface area contributed by atoms with Gasteiger partial charge in [0.15, 0.2) is 0 Å². The Morgan fingerprint density at radius 2 is 1.56 bits per heavy atom. The summed E-state index contributed by atoms with van der Waals surface area (Å²) in [5.41, 5.74) is 6.61. The summed E-state index contributed by atoms with van der Waals surface area (Å²) in [6.45, 7) is 16.8. The van der Waals surface area contributed by atoms with E-state index in [-0.39, 0.29) is 23.4 Å². The highest BCUT2D eigenvalue weighted by Crippen LogP contribution is 2.38. The highest BCUT2D eigenvalue weighted by molar-refractivity contribution is 6.03. The maximum absolute atomic E-state index is 14.4. The summed E-state index contributed by atoms with van der Waals surface area (Å²) in [5, 5.41) is 4.05. The van der Waals surface area contributed by atoms with Crippen molar-refractivity contribution in [2.75, 3.05) is 43.0 Å². The molecule has 0 atom stereocenters. The molecule has 2 aromatic heterocycles. The minimum absolute atomic E-state index is 0.123. The summed E-state index contributed by atoms with van der Waals surface area (Å²) < 4.78 is 6.16. The Hall–Kier alpha value is -4.95. The van der Waals surface area contributed by atoms with Gasteiger partial charge in [-0.25, -0.2) is 9.78 Å². The van der Waals surface area contributed by atoms with Crippen LogP contribution in [0.15, 0.2) is 95.9 Å². The first-order valence-corrected chi connectivity index (χ1v) is 17.9. The number of nitrogens with zero attached hydrogens (tertiary/aromatic N) is 3. The highest BCUT2D eigenvalue weighted by Gasteiger charge is 2.24. The van der Waals surface area contributed by atoms with Gasteiger partial charge in [-0.3, -0.25) is 9.69 Å². The minimum Gasteiger partial charge on any atom is -0.492 e. The third-order valence-corrected chi connectivity index (χ3v) is 9.24. The predicted molar refractivity (Wildman–Crippen MR) is 207 cm³/mol. The third kappa shape index (κ3) is 8.98. The van der Waals surface area contributed by atoms with E-state index in [1.165, 1.54) is 5.56 Å². The number of carbonyl (C=O) groups excluding carboxylic acids is 1. The van der Waals surface area contributed by atoms with Crippen molar-refractivity contribution in [3.05, 3.63) is 118 Å². The van der Waals surface area contributed by atoms with Gasteiger partial charge >= 0.3 is 6.03 Å². The van der Waals surface area contributed by atoms with E-state index in [2.05, 4.69) is 98.1 Å². The van der Waals surface area contributed by atoms with Crippen molar-refractivity contribution < 1.29 is 9.53 Å². The maximum atomic E-state index is 14.4. The number of pyridine rings is 2. The highest BCUT2D eigenvalue weighted by atomic mass is 16.5. The van der Waals surface area contributed by atoms with E-state index in [1.54, 1.807) is 17.2 Å². The summed E-state index contributed by atoms with van der Waals surface area (Å²) in [5.74, 6) is 1.09. The van der Waals surface area contributed by atoms with Gasteiger partial charge < -0.3 is 19.9 Å². The molecule has 50 heavy (non-hydrogen) atoms. The average Bonchev–Trinajstić information content (AvgIpc) is 3.12. The van der Waals surface area contributed by atoms with Crippen LogP contribution in [0.4, 0.5) is 16.2 Å². The molecule has 5 aromatic rings. The van der Waals surface area contributed by atoms with E-state index in [0.717, 1.165) is 65.1 Å². The summed E-state index contributed by atoms with van der Waals surface area (Å²) in [4.78, 5) is 39.0. The van der Waals surface area contributed by atoms with E-state index in [0.29, 0.717) is 30.9 Å². The number of ether oxygens (including phenoxy) is 1. The molecule has 5 rings (SSSR count). The van der Waals surface area contributed by atoms with Gasteiger partial charge in [0.1, 0.15) is 23.7 Å². The zero-order chi connectivity index (χ0) is 35.6. The van der Waals surface area contributed by atoms with Gasteiger partial charge in [-0.15, -0.1) is 0 Å². The van der Waals surface area contributed by atoms with Gasteiger partial charge in [0.05, 0.1) is 0 Å². The normalized spacial score (nSPS) is 11.5. The Labute approximate surface area is 296 Å². The molecule has 2 N–H and O–H groups in total. The number of amides is 2. The van der Waals surface area contributed by atoms with Crippen molar-refractivity contribution in [2.45, 2.75) is 66.2 Å². The topological polar surface area (TPSA) is 90.6 Å². The molecule has 8 heteroatoms. The quantitative estimate of drug-likeness (QED) is 0.116. The zero-order valence-electron chi connectivity index (χ0n) is 30.3. The first-order valence-electron chi connectivity index (χ1n) is 17.9. The van der Waals surface area contributed by atoms with Gasteiger partial charge in [0, 0.05) is 30.4 Å². The molecule has 262 valence electrons. The molecule has 0 fully saturated rings. The van der Waals surface area contributed by atoms with E-state index in [1.807, 2.05) is 42.5 Å². The van der Waals surface area contributed by atoms with Crippen LogP contribution >= 0.6 is 0 Å². The fourth-order valence-electron chi connectivity index (χ4n) is 6.32. The molecule has 0 aliphatic carbocycles. The van der Waals surface area contributed by atoms with Crippen molar-refractivity contribution in [1.29, 1.82) is 0 Å². The van der Waals surface area contributed by atoms with E-state index in [4.69, 9.17) is 4.74 Å². The van der Waals surface area contributed by atoms with Gasteiger partial charge in [0.2, 0.25) is 0 Å². The molecule has 0 bridgehead atoms. The molecule has 8 nitrogen and oxygen atoms in total. The molecule has 0 aliphatic heterocycles. The van der Waals surface area contributed by atoms with Crippen molar-refractivity contribution in [1.82, 2.24) is 14.9 Å². The number of urea groups is 1. The van der Waals surface area contributed by atoms with Crippen molar-refractivity contribution >= 4 is 28.4 Å². The number of carbonyl (C=O) groups is 1. The number of likely N-dealkylation sites (N-methyl/N-ethyl adjacent to an activating group) is 1. The van der Waals surface area contributed by atoms with Crippen LogP contribution in [0.3, 0.4) is 0 Å². The summed E-state index contributed by atoms with van der Waals surface area (Å²) >= 11 is 0. The second kappa shape index (κ2) is 17.1. The van der Waals surface area contributed by atoms with Crippen molar-refractivity contribution in [2.24, 2.45) is 0 Å². The monoisotopic (exact) mass is 673 g/mol. The fourth-order valence-corrected chi connectivity index (χ4v) is 6.32. The number of benzene rings is 3. The largest absolute Gasteiger partial charge is 0.492 e. The molecule has 0 aliphatic rings. The second-order valence-corrected chi connectivity index (χ2v) is 13.3. The minimum atomic E-state index is -0.353.